The molecule has 0 bridgehead atoms. The fraction of sp³-hybridized carbons (Fsp3) is 0.154. The number of nitrogens with one attached hydrogen (secondary N) is 1. The van der Waals surface area contributed by atoms with E-state index in [2.05, 4.69) is 5.32 Å². The number of hydrogen-bond donors (Lipinski definition) is 1. The second-order valence-electron chi connectivity index (χ2n) is 7.61. The third-order valence-corrected chi connectivity index (χ3v) is 5.58. The van der Waals surface area contributed by atoms with Gasteiger partial charge in [0.1, 0.15) is 11.4 Å². The molecule has 0 aromatic heterocycles. The summed E-state index contributed by atoms with van der Waals surface area (Å²) in [6.45, 7) is 5.93. The summed E-state index contributed by atoms with van der Waals surface area (Å²) in [5.41, 5.74) is 5.52. The minimum atomic E-state index is -0.391. The van der Waals surface area contributed by atoms with Crippen molar-refractivity contribution in [3.63, 3.8) is 0 Å². The summed E-state index contributed by atoms with van der Waals surface area (Å²) in [6, 6.07) is 20.4. The molecular weight excluding hydrogens is 388 g/mol. The van der Waals surface area contributed by atoms with Crippen LogP contribution in [0.15, 0.2) is 72.4 Å². The van der Waals surface area contributed by atoms with E-state index in [1.807, 2.05) is 69.3 Å². The molecule has 3 aromatic carbocycles. The minimum absolute atomic E-state index is 0.240. The van der Waals surface area contributed by atoms with Crippen LogP contribution < -0.4 is 15.0 Å². The van der Waals surface area contributed by atoms with Crippen molar-refractivity contribution < 1.29 is 14.3 Å². The van der Waals surface area contributed by atoms with Crippen LogP contribution in [0.2, 0.25) is 0 Å². The number of carbonyl (C=O) groups excluding carboxylic acids is 2. The monoisotopic (exact) mass is 412 g/mol. The first-order chi connectivity index (χ1) is 14.9. The van der Waals surface area contributed by atoms with E-state index >= 15 is 0 Å². The van der Waals surface area contributed by atoms with Crippen LogP contribution in [0.1, 0.15) is 22.3 Å². The first-order valence-electron chi connectivity index (χ1n) is 10.1. The molecule has 5 nitrogen and oxygen atoms in total. The normalized spacial score (nSPS) is 13.7. The van der Waals surface area contributed by atoms with Crippen molar-refractivity contribution in [1.29, 1.82) is 0 Å². The Kier molecular flexibility index (Phi) is 5.34. The molecule has 156 valence electrons. The maximum absolute atomic E-state index is 13.6. The Balaban J connectivity index is 1.90. The lowest BCUT2D eigenvalue weighted by molar-refractivity contribution is -0.120. The number of methoxy groups -OCH3 is 1. The van der Waals surface area contributed by atoms with Gasteiger partial charge in [-0.25, -0.2) is 4.90 Å². The van der Waals surface area contributed by atoms with Crippen LogP contribution in [0.4, 0.5) is 11.4 Å². The molecule has 0 spiro atoms. The lowest BCUT2D eigenvalue weighted by atomic mass is 10.0. The van der Waals surface area contributed by atoms with E-state index in [0.29, 0.717) is 22.6 Å². The summed E-state index contributed by atoms with van der Waals surface area (Å²) in [6.07, 6.45) is 0. The predicted molar refractivity (Wildman–Crippen MR) is 123 cm³/mol. The van der Waals surface area contributed by atoms with Crippen LogP contribution >= 0.6 is 0 Å². The SMILES string of the molecule is COc1ccccc1C1=C(Nc2cccc(C)c2C)C(=O)N(c2cccc(C)c2)C1=O. The second-order valence-corrected chi connectivity index (χ2v) is 7.61. The smallest absolute Gasteiger partial charge is 0.282 e. The molecule has 31 heavy (non-hydrogen) atoms. The standard InChI is InChI=1S/C26H24N2O3/c1-16-9-7-11-19(15-16)28-25(29)23(20-12-5-6-14-22(20)31-4)24(26(28)30)27-21-13-8-10-17(2)18(21)3/h5-15,27H,1-4H3. The lowest BCUT2D eigenvalue weighted by Crippen LogP contribution is -2.32. The molecule has 0 saturated carbocycles. The number of ether oxygens (including phenoxy) is 1. The molecule has 5 heteroatoms. The summed E-state index contributed by atoms with van der Waals surface area (Å²) in [5, 5.41) is 3.26. The van der Waals surface area contributed by atoms with Gasteiger partial charge in [0.05, 0.1) is 18.4 Å². The lowest BCUT2D eigenvalue weighted by Gasteiger charge is -2.16. The Labute approximate surface area is 182 Å². The Morgan fingerprint density at radius 2 is 1.58 bits per heavy atom. The van der Waals surface area contributed by atoms with E-state index in [0.717, 1.165) is 22.4 Å². The summed E-state index contributed by atoms with van der Waals surface area (Å²) < 4.78 is 5.50. The molecule has 0 unspecified atom stereocenters. The molecule has 1 aliphatic heterocycles. The van der Waals surface area contributed by atoms with Gasteiger partial charge in [0.15, 0.2) is 0 Å². The van der Waals surface area contributed by atoms with Gasteiger partial charge in [-0.1, -0.05) is 42.5 Å². The predicted octanol–water partition coefficient (Wildman–Crippen LogP) is 5.02. The summed E-state index contributed by atoms with van der Waals surface area (Å²) >= 11 is 0. The Hall–Kier alpha value is -3.86. The van der Waals surface area contributed by atoms with E-state index in [1.54, 1.807) is 25.3 Å². The van der Waals surface area contributed by atoms with Gasteiger partial charge in [-0.15, -0.1) is 0 Å². The van der Waals surface area contributed by atoms with Gasteiger partial charge in [0, 0.05) is 11.3 Å². The number of para-hydroxylation sites is 1. The third-order valence-electron chi connectivity index (χ3n) is 5.58. The van der Waals surface area contributed by atoms with Crippen molar-refractivity contribution in [3.05, 3.63) is 94.7 Å². The van der Waals surface area contributed by atoms with Gasteiger partial charge >= 0.3 is 0 Å². The average molecular weight is 412 g/mol. The maximum Gasteiger partial charge on any atom is 0.282 e. The maximum atomic E-state index is 13.6. The van der Waals surface area contributed by atoms with E-state index < -0.39 is 5.91 Å². The zero-order valence-corrected chi connectivity index (χ0v) is 18.0. The van der Waals surface area contributed by atoms with Crippen LogP contribution in [0.3, 0.4) is 0 Å². The Morgan fingerprint density at radius 1 is 0.839 bits per heavy atom. The number of anilines is 2. The van der Waals surface area contributed by atoms with Gasteiger partial charge in [0.25, 0.3) is 11.8 Å². The summed E-state index contributed by atoms with van der Waals surface area (Å²) in [5.74, 6) is -0.240. The highest BCUT2D eigenvalue weighted by atomic mass is 16.5. The van der Waals surface area contributed by atoms with Gasteiger partial charge in [-0.2, -0.15) is 0 Å². The van der Waals surface area contributed by atoms with E-state index in [9.17, 15) is 9.59 Å². The number of hydrogen-bond acceptors (Lipinski definition) is 4. The first kappa shape index (κ1) is 20.4. The largest absolute Gasteiger partial charge is 0.496 e. The number of benzene rings is 3. The van der Waals surface area contributed by atoms with Gasteiger partial charge in [-0.05, 0) is 61.7 Å². The second kappa shape index (κ2) is 8.11. The fourth-order valence-electron chi connectivity index (χ4n) is 3.77. The molecule has 0 fully saturated rings. The molecule has 4 rings (SSSR count). The summed E-state index contributed by atoms with van der Waals surface area (Å²) in [7, 11) is 1.55. The zero-order valence-electron chi connectivity index (χ0n) is 18.0. The Morgan fingerprint density at radius 3 is 2.32 bits per heavy atom. The molecule has 1 N–H and O–H groups in total. The molecule has 0 radical (unpaired) electrons. The highest BCUT2D eigenvalue weighted by molar-refractivity contribution is 6.46. The number of rotatable bonds is 5. The van der Waals surface area contributed by atoms with Crippen LogP contribution in [0.25, 0.3) is 5.57 Å². The number of carbonyl (C=O) groups is 2. The Bertz CT molecular complexity index is 1230. The number of nitrogens with zero attached hydrogens (tertiary/aromatic N) is 1. The van der Waals surface area contributed by atoms with Crippen LogP contribution in [-0.4, -0.2) is 18.9 Å². The van der Waals surface area contributed by atoms with Crippen LogP contribution in [0, 0.1) is 20.8 Å². The van der Waals surface area contributed by atoms with Crippen molar-refractivity contribution in [2.45, 2.75) is 20.8 Å². The quantitative estimate of drug-likeness (QED) is 0.598. The van der Waals surface area contributed by atoms with E-state index in [4.69, 9.17) is 4.74 Å². The van der Waals surface area contributed by atoms with Crippen molar-refractivity contribution in [3.8, 4) is 5.75 Å². The molecule has 0 saturated heterocycles. The highest BCUT2D eigenvalue weighted by Crippen LogP contribution is 2.38. The van der Waals surface area contributed by atoms with Crippen LogP contribution in [0.5, 0.6) is 5.75 Å². The van der Waals surface area contributed by atoms with Crippen molar-refractivity contribution >= 4 is 28.8 Å². The molecule has 0 atom stereocenters. The van der Waals surface area contributed by atoms with Gasteiger partial charge < -0.3 is 10.1 Å². The topological polar surface area (TPSA) is 58.6 Å². The van der Waals surface area contributed by atoms with Crippen molar-refractivity contribution in [2.24, 2.45) is 0 Å². The molecule has 1 aliphatic rings. The molecular formula is C26H24N2O3. The number of imide groups is 1. The van der Waals surface area contributed by atoms with Crippen molar-refractivity contribution in [2.75, 3.05) is 17.3 Å². The first-order valence-corrected chi connectivity index (χ1v) is 10.1. The zero-order chi connectivity index (χ0) is 22.1. The third kappa shape index (κ3) is 3.59. The molecule has 0 aliphatic carbocycles. The highest BCUT2D eigenvalue weighted by Gasteiger charge is 2.41. The van der Waals surface area contributed by atoms with Crippen LogP contribution in [-0.2, 0) is 9.59 Å². The average Bonchev–Trinajstić information content (AvgIpc) is 3.00. The summed E-state index contributed by atoms with van der Waals surface area (Å²) in [4.78, 5) is 28.4. The molecule has 1 heterocycles. The van der Waals surface area contributed by atoms with Gasteiger partial charge in [0.2, 0.25) is 0 Å². The number of aryl methyl sites for hydroxylation is 2. The van der Waals surface area contributed by atoms with Gasteiger partial charge in [-0.3, -0.25) is 9.59 Å². The number of amides is 2. The fourth-order valence-corrected chi connectivity index (χ4v) is 3.77. The van der Waals surface area contributed by atoms with E-state index in [1.165, 1.54) is 4.90 Å². The molecule has 3 aromatic rings. The van der Waals surface area contributed by atoms with Crippen molar-refractivity contribution in [1.82, 2.24) is 0 Å². The minimum Gasteiger partial charge on any atom is -0.496 e. The molecule has 2 amide bonds. The van der Waals surface area contributed by atoms with E-state index in [-0.39, 0.29) is 11.6 Å².